The number of aromatic nitrogens is 2. The van der Waals surface area contributed by atoms with Crippen molar-refractivity contribution < 1.29 is 4.74 Å². The number of imidazole rings is 1. The lowest BCUT2D eigenvalue weighted by molar-refractivity contribution is 0.306. The molecule has 0 saturated heterocycles. The standard InChI is InChI=1S/C13H13BrN2O.C2H6/c1-8-5-12-10(6-11(8)14)13-15-9(2)7-16(13)3-4-17-12;1-2/h5-7H,3-4H2,1-2H3;1-2H3. The van der Waals surface area contributed by atoms with Gasteiger partial charge in [0.15, 0.2) is 0 Å². The first-order valence-corrected chi connectivity index (χ1v) is 7.41. The summed E-state index contributed by atoms with van der Waals surface area (Å²) in [7, 11) is 0. The molecule has 0 aliphatic carbocycles. The molecule has 0 amide bonds. The molecule has 0 bridgehead atoms. The van der Waals surface area contributed by atoms with Crippen LogP contribution in [0.15, 0.2) is 22.8 Å². The molecule has 1 aromatic carbocycles. The van der Waals surface area contributed by atoms with E-state index in [1.54, 1.807) is 0 Å². The van der Waals surface area contributed by atoms with Crippen LogP contribution in [0.1, 0.15) is 25.1 Å². The SMILES string of the molecule is CC.Cc1cn2c(n1)-c1cc(Br)c(C)cc1OCC2. The Morgan fingerprint density at radius 2 is 2.00 bits per heavy atom. The summed E-state index contributed by atoms with van der Waals surface area (Å²) in [4.78, 5) is 4.59. The molecule has 0 N–H and O–H groups in total. The van der Waals surface area contributed by atoms with Crippen molar-refractivity contribution in [2.45, 2.75) is 34.2 Å². The van der Waals surface area contributed by atoms with E-state index >= 15 is 0 Å². The van der Waals surface area contributed by atoms with E-state index < -0.39 is 0 Å². The van der Waals surface area contributed by atoms with Gasteiger partial charge in [0.05, 0.1) is 17.8 Å². The number of ether oxygens (including phenoxy) is 1. The number of hydrogen-bond donors (Lipinski definition) is 0. The van der Waals surface area contributed by atoms with Gasteiger partial charge in [-0.05, 0) is 31.5 Å². The summed E-state index contributed by atoms with van der Waals surface area (Å²) in [5.74, 6) is 1.92. The molecule has 1 aliphatic heterocycles. The minimum Gasteiger partial charge on any atom is -0.491 e. The van der Waals surface area contributed by atoms with Crippen LogP contribution in [0.3, 0.4) is 0 Å². The number of nitrogens with zero attached hydrogens (tertiary/aromatic N) is 2. The van der Waals surface area contributed by atoms with Crippen LogP contribution >= 0.6 is 15.9 Å². The van der Waals surface area contributed by atoms with E-state index in [9.17, 15) is 0 Å². The fourth-order valence-corrected chi connectivity index (χ4v) is 2.48. The molecule has 4 heteroatoms. The first-order chi connectivity index (χ1) is 9.15. The van der Waals surface area contributed by atoms with Crippen LogP contribution in [0, 0.1) is 13.8 Å². The van der Waals surface area contributed by atoms with Gasteiger partial charge in [0.2, 0.25) is 0 Å². The van der Waals surface area contributed by atoms with Gasteiger partial charge in [0, 0.05) is 10.7 Å². The van der Waals surface area contributed by atoms with Crippen molar-refractivity contribution in [2.24, 2.45) is 0 Å². The third-order valence-corrected chi connectivity index (χ3v) is 3.84. The molecule has 0 spiro atoms. The quantitative estimate of drug-likeness (QED) is 0.721. The van der Waals surface area contributed by atoms with Crippen LogP contribution < -0.4 is 4.74 Å². The molecular formula is C15H19BrN2O. The number of halogens is 1. The molecule has 0 fully saturated rings. The Balaban J connectivity index is 0.000000637. The Morgan fingerprint density at radius 1 is 1.26 bits per heavy atom. The normalized spacial score (nSPS) is 12.5. The topological polar surface area (TPSA) is 27.1 Å². The zero-order chi connectivity index (χ0) is 14.0. The van der Waals surface area contributed by atoms with Crippen molar-refractivity contribution in [3.63, 3.8) is 0 Å². The van der Waals surface area contributed by atoms with Gasteiger partial charge in [0.1, 0.15) is 18.2 Å². The minimum absolute atomic E-state index is 0.691. The number of aryl methyl sites for hydroxylation is 2. The fourth-order valence-electron chi connectivity index (χ4n) is 2.14. The Bertz CT molecular complexity index is 590. The van der Waals surface area contributed by atoms with Crippen molar-refractivity contribution in [2.75, 3.05) is 6.61 Å². The molecule has 2 aromatic rings. The molecule has 3 rings (SSSR count). The summed E-state index contributed by atoms with van der Waals surface area (Å²) in [5, 5.41) is 0. The van der Waals surface area contributed by atoms with E-state index in [2.05, 4.69) is 50.7 Å². The highest BCUT2D eigenvalue weighted by Crippen LogP contribution is 2.36. The maximum atomic E-state index is 5.78. The van der Waals surface area contributed by atoms with Gasteiger partial charge < -0.3 is 9.30 Å². The summed E-state index contributed by atoms with van der Waals surface area (Å²) in [6.45, 7) is 9.63. The predicted molar refractivity (Wildman–Crippen MR) is 81.7 cm³/mol. The predicted octanol–water partition coefficient (Wildman–Crippen LogP) is 4.35. The third-order valence-electron chi connectivity index (χ3n) is 2.99. The molecule has 1 aromatic heterocycles. The van der Waals surface area contributed by atoms with Crippen molar-refractivity contribution in [1.82, 2.24) is 9.55 Å². The second-order valence-electron chi connectivity index (χ2n) is 4.35. The summed E-state index contributed by atoms with van der Waals surface area (Å²) in [6.07, 6.45) is 2.07. The highest BCUT2D eigenvalue weighted by atomic mass is 79.9. The van der Waals surface area contributed by atoms with Crippen LogP contribution in [0.25, 0.3) is 11.4 Å². The number of rotatable bonds is 0. The Labute approximate surface area is 122 Å². The van der Waals surface area contributed by atoms with Gasteiger partial charge in [-0.15, -0.1) is 0 Å². The number of hydrogen-bond acceptors (Lipinski definition) is 2. The Morgan fingerprint density at radius 3 is 2.74 bits per heavy atom. The lowest BCUT2D eigenvalue weighted by Gasteiger charge is -2.08. The maximum absolute atomic E-state index is 5.78. The molecule has 102 valence electrons. The number of fused-ring (bicyclic) bond motifs is 3. The Kier molecular flexibility index (Phi) is 4.30. The molecular weight excluding hydrogens is 304 g/mol. The molecule has 0 radical (unpaired) electrons. The van der Waals surface area contributed by atoms with Crippen molar-refractivity contribution in [1.29, 1.82) is 0 Å². The van der Waals surface area contributed by atoms with Gasteiger partial charge in [-0.3, -0.25) is 0 Å². The molecule has 0 saturated carbocycles. The van der Waals surface area contributed by atoms with Gasteiger partial charge in [-0.25, -0.2) is 4.98 Å². The van der Waals surface area contributed by atoms with E-state index in [0.717, 1.165) is 33.8 Å². The highest BCUT2D eigenvalue weighted by Gasteiger charge is 2.18. The van der Waals surface area contributed by atoms with Crippen molar-refractivity contribution in [3.8, 4) is 17.1 Å². The van der Waals surface area contributed by atoms with E-state index in [-0.39, 0.29) is 0 Å². The zero-order valence-electron chi connectivity index (χ0n) is 11.8. The zero-order valence-corrected chi connectivity index (χ0v) is 13.4. The number of benzene rings is 1. The largest absolute Gasteiger partial charge is 0.491 e. The molecule has 3 nitrogen and oxygen atoms in total. The molecule has 1 aliphatic rings. The van der Waals surface area contributed by atoms with Gasteiger partial charge >= 0.3 is 0 Å². The minimum atomic E-state index is 0.691. The second kappa shape index (κ2) is 5.78. The second-order valence-corrected chi connectivity index (χ2v) is 5.20. The van der Waals surface area contributed by atoms with E-state index in [0.29, 0.717) is 6.61 Å². The molecule has 19 heavy (non-hydrogen) atoms. The first-order valence-electron chi connectivity index (χ1n) is 6.62. The van der Waals surface area contributed by atoms with E-state index in [1.165, 1.54) is 5.56 Å². The maximum Gasteiger partial charge on any atom is 0.144 e. The molecule has 0 atom stereocenters. The van der Waals surface area contributed by atoms with Crippen LogP contribution in [-0.2, 0) is 6.54 Å². The van der Waals surface area contributed by atoms with Gasteiger partial charge in [-0.1, -0.05) is 29.8 Å². The third kappa shape index (κ3) is 2.68. The van der Waals surface area contributed by atoms with E-state index in [1.807, 2.05) is 20.8 Å². The van der Waals surface area contributed by atoms with Crippen molar-refractivity contribution >= 4 is 15.9 Å². The van der Waals surface area contributed by atoms with Crippen LogP contribution in [0.2, 0.25) is 0 Å². The summed E-state index contributed by atoms with van der Waals surface area (Å²) in [5.41, 5.74) is 3.29. The molecule has 2 heterocycles. The summed E-state index contributed by atoms with van der Waals surface area (Å²) < 4.78 is 9.03. The van der Waals surface area contributed by atoms with Crippen molar-refractivity contribution in [3.05, 3.63) is 34.1 Å². The van der Waals surface area contributed by atoms with E-state index in [4.69, 9.17) is 4.74 Å². The first kappa shape index (κ1) is 14.1. The average Bonchev–Trinajstić information content (AvgIpc) is 2.69. The Hall–Kier alpha value is -1.29. The van der Waals surface area contributed by atoms with Crippen LogP contribution in [0.4, 0.5) is 0 Å². The fraction of sp³-hybridized carbons (Fsp3) is 0.400. The lowest BCUT2D eigenvalue weighted by Crippen LogP contribution is -2.04. The van der Waals surface area contributed by atoms with Gasteiger partial charge in [-0.2, -0.15) is 0 Å². The highest BCUT2D eigenvalue weighted by molar-refractivity contribution is 9.10. The smallest absolute Gasteiger partial charge is 0.144 e. The van der Waals surface area contributed by atoms with Crippen LogP contribution in [-0.4, -0.2) is 16.2 Å². The van der Waals surface area contributed by atoms with Crippen LogP contribution in [0.5, 0.6) is 5.75 Å². The summed E-state index contributed by atoms with van der Waals surface area (Å²) >= 11 is 3.57. The monoisotopic (exact) mass is 322 g/mol. The van der Waals surface area contributed by atoms with Gasteiger partial charge in [0.25, 0.3) is 0 Å². The summed E-state index contributed by atoms with van der Waals surface area (Å²) in [6, 6.07) is 4.16. The lowest BCUT2D eigenvalue weighted by atomic mass is 10.1. The average molecular weight is 323 g/mol. The molecule has 0 unspecified atom stereocenters.